The molecule has 0 heterocycles. The molecule has 0 radical (unpaired) electrons. The maximum atomic E-state index is 12.2. The zero-order valence-electron chi connectivity index (χ0n) is 16.0. The lowest BCUT2D eigenvalue weighted by atomic mass is 10.1. The summed E-state index contributed by atoms with van der Waals surface area (Å²) in [7, 11) is 0. The molecule has 3 aromatic rings. The molecule has 0 saturated carbocycles. The lowest BCUT2D eigenvalue weighted by Gasteiger charge is -2.09. The van der Waals surface area contributed by atoms with Crippen LogP contribution in [0.3, 0.4) is 0 Å². The predicted octanol–water partition coefficient (Wildman–Crippen LogP) is 5.01. The fourth-order valence-electron chi connectivity index (χ4n) is 2.64. The first-order chi connectivity index (χ1) is 14.4. The van der Waals surface area contributed by atoms with Gasteiger partial charge in [-0.05, 0) is 75.9 Å². The van der Waals surface area contributed by atoms with Crippen LogP contribution in [0.4, 0.5) is 5.69 Å². The second-order valence-corrected chi connectivity index (χ2v) is 7.27. The van der Waals surface area contributed by atoms with Gasteiger partial charge >= 0.3 is 0 Å². The van der Waals surface area contributed by atoms with Crippen LogP contribution in [0.15, 0.2) is 76.3 Å². The van der Waals surface area contributed by atoms with Gasteiger partial charge in [-0.1, -0.05) is 18.2 Å². The molecular formula is C22H18BrN3O4. The van der Waals surface area contributed by atoms with Crippen LogP contribution in [0.25, 0.3) is 0 Å². The van der Waals surface area contributed by atoms with E-state index >= 15 is 0 Å². The normalized spacial score (nSPS) is 10.7. The minimum absolute atomic E-state index is 0.0399. The van der Waals surface area contributed by atoms with Crippen molar-refractivity contribution in [2.24, 2.45) is 5.10 Å². The van der Waals surface area contributed by atoms with Crippen molar-refractivity contribution in [3.63, 3.8) is 0 Å². The molecule has 0 aliphatic carbocycles. The number of nitro benzene ring substituents is 1. The highest BCUT2D eigenvalue weighted by atomic mass is 79.9. The summed E-state index contributed by atoms with van der Waals surface area (Å²) >= 11 is 3.46. The first-order valence-corrected chi connectivity index (χ1v) is 9.78. The number of aryl methyl sites for hydroxylation is 1. The Morgan fingerprint density at radius 3 is 2.57 bits per heavy atom. The monoisotopic (exact) mass is 467 g/mol. The molecule has 30 heavy (non-hydrogen) atoms. The van der Waals surface area contributed by atoms with E-state index in [2.05, 4.69) is 26.5 Å². The van der Waals surface area contributed by atoms with E-state index in [1.54, 1.807) is 42.6 Å². The number of hydrogen-bond donors (Lipinski definition) is 1. The number of carbonyl (C=O) groups excluding carboxylic acids is 1. The summed E-state index contributed by atoms with van der Waals surface area (Å²) in [6.07, 6.45) is 1.54. The fourth-order valence-corrected chi connectivity index (χ4v) is 3.15. The summed E-state index contributed by atoms with van der Waals surface area (Å²) in [5.74, 6) is 0.348. The number of hydrogen-bond acceptors (Lipinski definition) is 5. The molecule has 8 heteroatoms. The Kier molecular flexibility index (Phi) is 6.92. The van der Waals surface area contributed by atoms with E-state index in [-0.39, 0.29) is 18.2 Å². The minimum atomic E-state index is -0.440. The minimum Gasteiger partial charge on any atom is -0.488 e. The number of carbonyl (C=O) groups is 1. The molecule has 0 fully saturated rings. The van der Waals surface area contributed by atoms with Crippen LogP contribution in [0.5, 0.6) is 5.75 Å². The fraction of sp³-hybridized carbons (Fsp3) is 0.0909. The van der Waals surface area contributed by atoms with E-state index in [0.29, 0.717) is 11.3 Å². The first kappa shape index (κ1) is 21.2. The summed E-state index contributed by atoms with van der Waals surface area (Å²) in [5, 5.41) is 14.7. The van der Waals surface area contributed by atoms with Crippen LogP contribution in [-0.2, 0) is 6.61 Å². The van der Waals surface area contributed by atoms with Gasteiger partial charge in [0.15, 0.2) is 0 Å². The largest absolute Gasteiger partial charge is 0.488 e. The zero-order chi connectivity index (χ0) is 21.5. The number of rotatable bonds is 7. The van der Waals surface area contributed by atoms with E-state index in [4.69, 9.17) is 4.74 Å². The Labute approximate surface area is 181 Å². The number of nitrogens with zero attached hydrogens (tertiary/aromatic N) is 2. The van der Waals surface area contributed by atoms with E-state index in [0.717, 1.165) is 21.2 Å². The predicted molar refractivity (Wildman–Crippen MR) is 118 cm³/mol. The third kappa shape index (κ3) is 5.51. The second-order valence-electron chi connectivity index (χ2n) is 6.42. The highest BCUT2D eigenvalue weighted by molar-refractivity contribution is 9.10. The lowest BCUT2D eigenvalue weighted by Crippen LogP contribution is -2.18. The summed E-state index contributed by atoms with van der Waals surface area (Å²) in [6.45, 7) is 2.14. The number of nitro groups is 1. The summed E-state index contributed by atoms with van der Waals surface area (Å²) < 4.78 is 6.48. The van der Waals surface area contributed by atoms with Crippen LogP contribution >= 0.6 is 15.9 Å². The quantitative estimate of drug-likeness (QED) is 0.300. The van der Waals surface area contributed by atoms with Gasteiger partial charge in [0.25, 0.3) is 11.6 Å². The number of amides is 1. The van der Waals surface area contributed by atoms with Crippen molar-refractivity contribution in [2.75, 3.05) is 0 Å². The van der Waals surface area contributed by atoms with Crippen LogP contribution in [0.1, 0.15) is 27.0 Å². The Balaban J connectivity index is 1.58. The molecule has 0 bridgehead atoms. The van der Waals surface area contributed by atoms with E-state index in [9.17, 15) is 14.9 Å². The number of hydrazone groups is 1. The number of nitrogens with one attached hydrogen (secondary N) is 1. The Morgan fingerprint density at radius 1 is 1.17 bits per heavy atom. The first-order valence-electron chi connectivity index (χ1n) is 8.99. The van der Waals surface area contributed by atoms with Crippen molar-refractivity contribution in [2.45, 2.75) is 13.5 Å². The average Bonchev–Trinajstić information content (AvgIpc) is 2.73. The van der Waals surface area contributed by atoms with Gasteiger partial charge in [0.2, 0.25) is 0 Å². The van der Waals surface area contributed by atoms with Crippen molar-refractivity contribution < 1.29 is 14.5 Å². The van der Waals surface area contributed by atoms with Crippen LogP contribution in [0, 0.1) is 17.0 Å². The van der Waals surface area contributed by atoms with Gasteiger partial charge in [-0.15, -0.1) is 0 Å². The van der Waals surface area contributed by atoms with Gasteiger partial charge in [0.05, 0.1) is 15.6 Å². The van der Waals surface area contributed by atoms with Crippen molar-refractivity contribution in [1.29, 1.82) is 0 Å². The van der Waals surface area contributed by atoms with Crippen LogP contribution < -0.4 is 10.2 Å². The average molecular weight is 468 g/mol. The molecule has 152 valence electrons. The molecule has 3 aromatic carbocycles. The van der Waals surface area contributed by atoms with E-state index < -0.39 is 4.92 Å². The smallest absolute Gasteiger partial charge is 0.271 e. The Bertz CT molecular complexity index is 1100. The summed E-state index contributed by atoms with van der Waals surface area (Å²) in [4.78, 5) is 22.4. The number of halogens is 1. The maximum absolute atomic E-state index is 12.2. The summed E-state index contributed by atoms with van der Waals surface area (Å²) in [5.41, 5.74) is 5.60. The van der Waals surface area contributed by atoms with Crippen molar-refractivity contribution in [3.8, 4) is 5.75 Å². The molecule has 0 spiro atoms. The van der Waals surface area contributed by atoms with Gasteiger partial charge in [-0.3, -0.25) is 14.9 Å². The molecule has 0 atom stereocenters. The van der Waals surface area contributed by atoms with Crippen molar-refractivity contribution in [3.05, 3.63) is 104 Å². The van der Waals surface area contributed by atoms with Gasteiger partial charge in [0, 0.05) is 17.7 Å². The highest BCUT2D eigenvalue weighted by Gasteiger charge is 2.08. The molecule has 3 rings (SSSR count). The lowest BCUT2D eigenvalue weighted by molar-refractivity contribution is -0.384. The van der Waals surface area contributed by atoms with Gasteiger partial charge in [-0.25, -0.2) is 5.43 Å². The number of ether oxygens (including phenoxy) is 1. The molecule has 0 aromatic heterocycles. The third-order valence-electron chi connectivity index (χ3n) is 4.27. The molecule has 0 unspecified atom stereocenters. The third-order valence-corrected chi connectivity index (χ3v) is 4.89. The van der Waals surface area contributed by atoms with Gasteiger partial charge in [0.1, 0.15) is 12.4 Å². The van der Waals surface area contributed by atoms with Crippen LogP contribution in [-0.4, -0.2) is 17.0 Å². The molecule has 0 saturated heterocycles. The van der Waals surface area contributed by atoms with Gasteiger partial charge < -0.3 is 4.74 Å². The Hall–Kier alpha value is -3.52. The molecule has 1 amide bonds. The second kappa shape index (κ2) is 9.80. The van der Waals surface area contributed by atoms with Crippen molar-refractivity contribution in [1.82, 2.24) is 5.43 Å². The molecule has 1 N–H and O–H groups in total. The van der Waals surface area contributed by atoms with E-state index in [1.165, 1.54) is 12.1 Å². The van der Waals surface area contributed by atoms with E-state index in [1.807, 2.05) is 25.1 Å². The Morgan fingerprint density at radius 2 is 1.90 bits per heavy atom. The van der Waals surface area contributed by atoms with Crippen LogP contribution in [0.2, 0.25) is 0 Å². The van der Waals surface area contributed by atoms with Gasteiger partial charge in [-0.2, -0.15) is 5.10 Å². The zero-order valence-corrected chi connectivity index (χ0v) is 17.6. The van der Waals surface area contributed by atoms with Crippen molar-refractivity contribution >= 4 is 33.7 Å². The topological polar surface area (TPSA) is 93.8 Å². The summed E-state index contributed by atoms with van der Waals surface area (Å²) in [6, 6.07) is 18.9. The highest BCUT2D eigenvalue weighted by Crippen LogP contribution is 2.26. The molecule has 7 nitrogen and oxygen atoms in total. The number of benzene rings is 3. The SMILES string of the molecule is Cc1ccccc1C(=O)N/N=C\c1ccc(OCc2ccc([N+](=O)[O-])cc2)c(Br)c1. The molecule has 0 aliphatic heterocycles. The molecule has 0 aliphatic rings. The standard InChI is InChI=1S/C22H18BrN3O4/c1-15-4-2-3-5-19(15)22(27)25-24-13-17-8-11-21(20(23)12-17)30-14-16-6-9-18(10-7-16)26(28)29/h2-13H,14H2,1H3,(H,25,27)/b24-13-. The molecular weight excluding hydrogens is 450 g/mol. The maximum Gasteiger partial charge on any atom is 0.271 e. The number of non-ortho nitro benzene ring substituents is 1.